The molecular formula is C13H22N2O10. The van der Waals surface area contributed by atoms with E-state index in [0.717, 1.165) is 6.92 Å². The summed E-state index contributed by atoms with van der Waals surface area (Å²) in [5.41, 5.74) is 5.02. The number of nitrogens with two attached hydrogens (primary N) is 1. The number of esters is 1. The fourth-order valence-corrected chi connectivity index (χ4v) is 2.36. The maximum atomic E-state index is 11.3. The lowest BCUT2D eigenvalue weighted by molar-refractivity contribution is -0.295. The van der Waals surface area contributed by atoms with Gasteiger partial charge in [-0.3, -0.25) is 9.59 Å². The number of ether oxygens (including phenoxy) is 2. The summed E-state index contributed by atoms with van der Waals surface area (Å²) >= 11 is 0. The van der Waals surface area contributed by atoms with E-state index in [-0.39, 0.29) is 0 Å². The summed E-state index contributed by atoms with van der Waals surface area (Å²) in [5, 5.41) is 51.3. The van der Waals surface area contributed by atoms with E-state index in [1.165, 1.54) is 0 Å². The van der Waals surface area contributed by atoms with Gasteiger partial charge in [-0.05, 0) is 0 Å². The Labute approximate surface area is 142 Å². The molecule has 144 valence electrons. The average molecular weight is 366 g/mol. The van der Waals surface area contributed by atoms with E-state index in [9.17, 15) is 34.8 Å². The highest BCUT2D eigenvalue weighted by molar-refractivity contribution is 5.76. The molecule has 1 fully saturated rings. The smallest absolute Gasteiger partial charge is 0.364 e. The number of hydrogen-bond acceptors (Lipinski definition) is 10. The van der Waals surface area contributed by atoms with E-state index in [1.807, 2.05) is 0 Å². The molecule has 0 spiro atoms. The molecule has 0 bridgehead atoms. The van der Waals surface area contributed by atoms with E-state index in [2.05, 4.69) is 10.1 Å². The summed E-state index contributed by atoms with van der Waals surface area (Å²) in [5.74, 6) is -6.16. The third-order valence-corrected chi connectivity index (χ3v) is 3.60. The van der Waals surface area contributed by atoms with Crippen LogP contribution in [0.3, 0.4) is 0 Å². The van der Waals surface area contributed by atoms with Crippen LogP contribution in [0.15, 0.2) is 0 Å². The lowest BCUT2D eigenvalue weighted by Gasteiger charge is -2.44. The molecule has 1 aliphatic heterocycles. The zero-order valence-corrected chi connectivity index (χ0v) is 13.4. The Bertz CT molecular complexity index is 515. The number of carboxylic acid groups (broad SMARTS) is 1. The van der Waals surface area contributed by atoms with Gasteiger partial charge in [0.15, 0.2) is 0 Å². The Hall–Kier alpha value is -1.83. The van der Waals surface area contributed by atoms with Crippen molar-refractivity contribution in [3.8, 4) is 0 Å². The molecule has 0 aromatic heterocycles. The predicted molar refractivity (Wildman–Crippen MR) is 77.7 cm³/mol. The van der Waals surface area contributed by atoms with Crippen molar-refractivity contribution in [3.05, 3.63) is 0 Å². The maximum absolute atomic E-state index is 11.3. The molecule has 0 aromatic carbocycles. The van der Waals surface area contributed by atoms with Crippen molar-refractivity contribution in [1.82, 2.24) is 5.32 Å². The van der Waals surface area contributed by atoms with Crippen molar-refractivity contribution in [2.75, 3.05) is 13.2 Å². The van der Waals surface area contributed by atoms with Gasteiger partial charge in [0, 0.05) is 13.3 Å². The molecule has 0 aromatic rings. The second-order valence-electron chi connectivity index (χ2n) is 5.61. The molecule has 6 atom stereocenters. The van der Waals surface area contributed by atoms with Crippen LogP contribution in [0, 0.1) is 0 Å². The largest absolute Gasteiger partial charge is 0.477 e. The van der Waals surface area contributed by atoms with Crippen molar-refractivity contribution in [2.24, 2.45) is 5.73 Å². The molecule has 1 saturated heterocycles. The van der Waals surface area contributed by atoms with E-state index >= 15 is 0 Å². The number of aliphatic carboxylic acids is 1. The molecule has 1 unspecified atom stereocenters. The number of aliphatic hydroxyl groups is 4. The maximum Gasteiger partial charge on any atom is 0.364 e. The van der Waals surface area contributed by atoms with Gasteiger partial charge in [-0.25, -0.2) is 4.79 Å². The Kier molecular flexibility index (Phi) is 7.22. The van der Waals surface area contributed by atoms with Crippen molar-refractivity contribution in [2.45, 2.75) is 49.6 Å². The van der Waals surface area contributed by atoms with E-state index < -0.39 is 73.7 Å². The lowest BCUT2D eigenvalue weighted by Crippen LogP contribution is -2.67. The number of hydrogen-bond donors (Lipinski definition) is 7. The van der Waals surface area contributed by atoms with Crippen LogP contribution >= 0.6 is 0 Å². The van der Waals surface area contributed by atoms with Crippen LogP contribution in [0.5, 0.6) is 0 Å². The quantitative estimate of drug-likeness (QED) is 0.214. The fraction of sp³-hybridized carbons (Fsp3) is 0.769. The Balaban J connectivity index is 2.98. The number of carbonyl (C=O) groups excluding carboxylic acids is 2. The van der Waals surface area contributed by atoms with Crippen LogP contribution in [-0.4, -0.2) is 92.8 Å². The lowest BCUT2D eigenvalue weighted by atomic mass is 9.88. The zero-order chi connectivity index (χ0) is 19.4. The predicted octanol–water partition coefficient (Wildman–Crippen LogP) is -4.36. The summed E-state index contributed by atoms with van der Waals surface area (Å²) in [6.07, 6.45) is -7.77. The summed E-state index contributed by atoms with van der Waals surface area (Å²) in [6.45, 7) is -0.0617. The molecule has 0 aliphatic carbocycles. The third-order valence-electron chi connectivity index (χ3n) is 3.60. The zero-order valence-electron chi connectivity index (χ0n) is 13.4. The minimum Gasteiger partial charge on any atom is -0.477 e. The van der Waals surface area contributed by atoms with Crippen LogP contribution < -0.4 is 11.1 Å². The monoisotopic (exact) mass is 366 g/mol. The highest BCUT2D eigenvalue weighted by atomic mass is 16.7. The van der Waals surface area contributed by atoms with Crippen LogP contribution in [0.2, 0.25) is 0 Å². The molecule has 1 aliphatic rings. The van der Waals surface area contributed by atoms with E-state index in [1.54, 1.807) is 0 Å². The summed E-state index contributed by atoms with van der Waals surface area (Å²) < 4.78 is 9.49. The number of rotatable bonds is 7. The van der Waals surface area contributed by atoms with Crippen molar-refractivity contribution in [3.63, 3.8) is 0 Å². The third kappa shape index (κ3) is 5.32. The fourth-order valence-electron chi connectivity index (χ4n) is 2.36. The van der Waals surface area contributed by atoms with Gasteiger partial charge >= 0.3 is 11.9 Å². The average Bonchev–Trinajstić information content (AvgIpc) is 2.53. The first kappa shape index (κ1) is 21.2. The van der Waals surface area contributed by atoms with Crippen LogP contribution in [0.25, 0.3) is 0 Å². The van der Waals surface area contributed by atoms with Crippen molar-refractivity contribution in [1.29, 1.82) is 0 Å². The minimum atomic E-state index is -2.84. The molecule has 1 rings (SSSR count). The first-order valence-corrected chi connectivity index (χ1v) is 7.32. The number of nitrogens with one attached hydrogen (secondary N) is 1. The van der Waals surface area contributed by atoms with Gasteiger partial charge in [0.05, 0.1) is 18.7 Å². The summed E-state index contributed by atoms with van der Waals surface area (Å²) in [4.78, 5) is 33.4. The second kappa shape index (κ2) is 8.51. The molecule has 12 nitrogen and oxygen atoms in total. The minimum absolute atomic E-state index is 0.464. The highest BCUT2D eigenvalue weighted by Gasteiger charge is 2.53. The standard InChI is InChI=1S/C13H22N2O10/c1-5(16)15-9-6(17)2-13(23,12(21)22)25-11(9)10(20)7(18)4-24-8(19)3-14/h6-7,9-11,17-18,20,23H,2-4,14H2,1H3,(H,15,16)(H,21,22)/t6-,7+,9+,10+,11+,13?/m0/s1. The van der Waals surface area contributed by atoms with Crippen LogP contribution in [-0.2, 0) is 23.9 Å². The second-order valence-corrected chi connectivity index (χ2v) is 5.61. The molecule has 25 heavy (non-hydrogen) atoms. The normalized spacial score (nSPS) is 31.7. The van der Waals surface area contributed by atoms with Crippen molar-refractivity contribution < 1.29 is 49.4 Å². The molecule has 1 amide bonds. The van der Waals surface area contributed by atoms with Gasteiger partial charge in [0.25, 0.3) is 5.79 Å². The molecular weight excluding hydrogens is 344 g/mol. The first-order valence-electron chi connectivity index (χ1n) is 7.32. The number of amides is 1. The molecule has 0 radical (unpaired) electrons. The van der Waals surface area contributed by atoms with Gasteiger partial charge in [0.2, 0.25) is 5.91 Å². The Morgan fingerprint density at radius 3 is 2.48 bits per heavy atom. The van der Waals surface area contributed by atoms with Gasteiger partial charge in [-0.15, -0.1) is 0 Å². The Morgan fingerprint density at radius 2 is 2.00 bits per heavy atom. The van der Waals surface area contributed by atoms with Gasteiger partial charge < -0.3 is 46.1 Å². The molecule has 12 heteroatoms. The molecule has 8 N–H and O–H groups in total. The Morgan fingerprint density at radius 1 is 1.40 bits per heavy atom. The number of carbonyl (C=O) groups is 3. The molecule has 0 saturated carbocycles. The summed E-state index contributed by atoms with van der Waals surface area (Å²) in [6, 6.07) is -1.33. The van der Waals surface area contributed by atoms with Gasteiger partial charge in [-0.1, -0.05) is 0 Å². The van der Waals surface area contributed by atoms with Gasteiger partial charge in [0.1, 0.15) is 24.9 Å². The molecule has 1 heterocycles. The van der Waals surface area contributed by atoms with Crippen molar-refractivity contribution >= 4 is 17.8 Å². The van der Waals surface area contributed by atoms with Crippen LogP contribution in [0.1, 0.15) is 13.3 Å². The first-order chi connectivity index (χ1) is 11.5. The van der Waals surface area contributed by atoms with E-state index in [0.29, 0.717) is 0 Å². The van der Waals surface area contributed by atoms with Crippen LogP contribution in [0.4, 0.5) is 0 Å². The van der Waals surface area contributed by atoms with E-state index in [4.69, 9.17) is 15.6 Å². The highest BCUT2D eigenvalue weighted by Crippen LogP contribution is 2.30. The SMILES string of the molecule is CC(=O)N[C@H]1[C@H]([C@H](O)[C@H](O)COC(=O)CN)OC(O)(C(=O)O)C[C@@H]1O. The van der Waals surface area contributed by atoms with Gasteiger partial charge in [-0.2, -0.15) is 0 Å². The summed E-state index contributed by atoms with van der Waals surface area (Å²) in [7, 11) is 0. The topological polar surface area (TPSA) is 209 Å². The number of carboxylic acids is 1. The number of aliphatic hydroxyl groups excluding tert-OH is 3.